The van der Waals surface area contributed by atoms with Gasteiger partial charge < -0.3 is 11.1 Å². The number of hydrogen-bond acceptors (Lipinski definition) is 5. The highest BCUT2D eigenvalue weighted by molar-refractivity contribution is 5.81. The van der Waals surface area contributed by atoms with Crippen LogP contribution >= 0.6 is 0 Å². The lowest BCUT2D eigenvalue weighted by Crippen LogP contribution is -2.11. The first-order valence-electron chi connectivity index (χ1n) is 6.73. The molecule has 0 saturated heterocycles. The Bertz CT molecular complexity index is 642. The number of aromatic nitrogens is 1. The molecule has 6 heteroatoms. The fourth-order valence-electron chi connectivity index (χ4n) is 1.99. The minimum atomic E-state index is -0.489. The number of hydrogen-bond donors (Lipinski definition) is 2. The highest BCUT2D eigenvalue weighted by Crippen LogP contribution is 2.35. The standard InChI is InChI=1S/C15H18N4O2/c1-10(2)9-17-13-8-12(11-6-4-3-5-7-11)14(19(20)21)15(16)18-13/h3-8,10H,9H2,1-2H3,(H3,16,17,18). The summed E-state index contributed by atoms with van der Waals surface area (Å²) >= 11 is 0. The van der Waals surface area contributed by atoms with Crippen molar-refractivity contribution in [1.29, 1.82) is 0 Å². The Morgan fingerprint density at radius 2 is 2.00 bits per heavy atom. The molecule has 2 aromatic rings. The van der Waals surface area contributed by atoms with Gasteiger partial charge in [0.25, 0.3) is 0 Å². The predicted octanol–water partition coefficient (Wildman–Crippen LogP) is 3.31. The van der Waals surface area contributed by atoms with Gasteiger partial charge in [-0.2, -0.15) is 0 Å². The fourth-order valence-corrected chi connectivity index (χ4v) is 1.99. The van der Waals surface area contributed by atoms with Crippen LogP contribution < -0.4 is 11.1 Å². The summed E-state index contributed by atoms with van der Waals surface area (Å²) < 4.78 is 0. The summed E-state index contributed by atoms with van der Waals surface area (Å²) in [7, 11) is 0. The van der Waals surface area contributed by atoms with Crippen LogP contribution in [0.15, 0.2) is 36.4 Å². The van der Waals surface area contributed by atoms with E-state index in [-0.39, 0.29) is 11.5 Å². The van der Waals surface area contributed by atoms with Crippen molar-refractivity contribution in [2.75, 3.05) is 17.6 Å². The van der Waals surface area contributed by atoms with Crippen LogP contribution in [0.25, 0.3) is 11.1 Å². The number of anilines is 2. The molecule has 21 heavy (non-hydrogen) atoms. The molecule has 1 aromatic carbocycles. The lowest BCUT2D eigenvalue weighted by Gasteiger charge is -2.11. The molecule has 0 spiro atoms. The fraction of sp³-hybridized carbons (Fsp3) is 0.267. The highest BCUT2D eigenvalue weighted by atomic mass is 16.6. The number of nitro groups is 1. The first-order chi connectivity index (χ1) is 9.99. The van der Waals surface area contributed by atoms with Crippen molar-refractivity contribution in [2.24, 2.45) is 5.92 Å². The second-order valence-electron chi connectivity index (χ2n) is 5.19. The van der Waals surface area contributed by atoms with Crippen LogP contribution in [0.2, 0.25) is 0 Å². The number of benzene rings is 1. The van der Waals surface area contributed by atoms with E-state index in [0.29, 0.717) is 17.3 Å². The Balaban J connectivity index is 2.51. The van der Waals surface area contributed by atoms with Crippen LogP contribution in [0, 0.1) is 16.0 Å². The quantitative estimate of drug-likeness (QED) is 0.649. The Morgan fingerprint density at radius 3 is 2.57 bits per heavy atom. The van der Waals surface area contributed by atoms with Gasteiger partial charge in [0.2, 0.25) is 5.82 Å². The largest absolute Gasteiger partial charge is 0.378 e. The van der Waals surface area contributed by atoms with E-state index in [1.807, 2.05) is 30.3 Å². The van der Waals surface area contributed by atoms with Crippen molar-refractivity contribution in [1.82, 2.24) is 4.98 Å². The number of nitrogens with one attached hydrogen (secondary N) is 1. The Kier molecular flexibility index (Phi) is 4.37. The van der Waals surface area contributed by atoms with Gasteiger partial charge in [-0.1, -0.05) is 44.2 Å². The molecule has 0 fully saturated rings. The van der Waals surface area contributed by atoms with Crippen molar-refractivity contribution < 1.29 is 4.92 Å². The maximum Gasteiger partial charge on any atom is 0.319 e. The molecule has 0 aliphatic carbocycles. The van der Waals surface area contributed by atoms with Crippen LogP contribution in [-0.2, 0) is 0 Å². The van der Waals surface area contributed by atoms with Crippen molar-refractivity contribution in [3.05, 3.63) is 46.5 Å². The Morgan fingerprint density at radius 1 is 1.33 bits per heavy atom. The molecule has 0 atom stereocenters. The predicted molar refractivity (Wildman–Crippen MR) is 84.1 cm³/mol. The van der Waals surface area contributed by atoms with Crippen LogP contribution in [0.1, 0.15) is 13.8 Å². The van der Waals surface area contributed by atoms with Crippen molar-refractivity contribution in [2.45, 2.75) is 13.8 Å². The van der Waals surface area contributed by atoms with Gasteiger partial charge in [0, 0.05) is 6.54 Å². The molecule has 6 nitrogen and oxygen atoms in total. The minimum absolute atomic E-state index is 0.0763. The summed E-state index contributed by atoms with van der Waals surface area (Å²) in [6.45, 7) is 4.86. The zero-order chi connectivity index (χ0) is 15.4. The first-order valence-corrected chi connectivity index (χ1v) is 6.73. The SMILES string of the molecule is CC(C)CNc1cc(-c2ccccc2)c([N+](=O)[O-])c(N)n1. The smallest absolute Gasteiger partial charge is 0.319 e. The topological polar surface area (TPSA) is 94.1 Å². The summed E-state index contributed by atoms with van der Waals surface area (Å²) in [6.07, 6.45) is 0. The molecular formula is C15H18N4O2. The van der Waals surface area contributed by atoms with Gasteiger partial charge in [-0.3, -0.25) is 10.1 Å². The van der Waals surface area contributed by atoms with Crippen molar-refractivity contribution in [3.8, 4) is 11.1 Å². The number of pyridine rings is 1. The first kappa shape index (κ1) is 14.8. The number of nitrogen functional groups attached to an aromatic ring is 1. The third-order valence-corrected chi connectivity index (χ3v) is 2.98. The summed E-state index contributed by atoms with van der Waals surface area (Å²) in [6, 6.07) is 10.8. The number of nitrogens with two attached hydrogens (primary N) is 1. The van der Waals surface area contributed by atoms with Crippen LogP contribution in [-0.4, -0.2) is 16.5 Å². The number of nitrogens with zero attached hydrogens (tertiary/aromatic N) is 2. The van der Waals surface area contributed by atoms with Crippen molar-refractivity contribution >= 4 is 17.3 Å². The zero-order valence-electron chi connectivity index (χ0n) is 12.0. The third-order valence-electron chi connectivity index (χ3n) is 2.98. The highest BCUT2D eigenvalue weighted by Gasteiger charge is 2.22. The van der Waals surface area contributed by atoms with Gasteiger partial charge in [-0.05, 0) is 17.5 Å². The summed E-state index contributed by atoms with van der Waals surface area (Å²) in [4.78, 5) is 14.8. The molecule has 110 valence electrons. The minimum Gasteiger partial charge on any atom is -0.378 e. The lowest BCUT2D eigenvalue weighted by atomic mass is 10.0. The molecule has 0 bridgehead atoms. The molecule has 2 rings (SSSR count). The maximum absolute atomic E-state index is 11.3. The van der Waals surface area contributed by atoms with E-state index in [9.17, 15) is 10.1 Å². The molecule has 0 unspecified atom stereocenters. The maximum atomic E-state index is 11.3. The van der Waals surface area contributed by atoms with E-state index in [2.05, 4.69) is 24.1 Å². The Hall–Kier alpha value is -2.63. The van der Waals surface area contributed by atoms with E-state index in [1.54, 1.807) is 6.07 Å². The van der Waals surface area contributed by atoms with Gasteiger partial charge in [-0.15, -0.1) is 0 Å². The number of rotatable bonds is 5. The molecule has 0 aliphatic rings. The normalized spacial score (nSPS) is 10.6. The summed E-state index contributed by atoms with van der Waals surface area (Å²) in [5.74, 6) is 0.904. The Labute approximate surface area is 123 Å². The monoisotopic (exact) mass is 286 g/mol. The molecule has 1 heterocycles. The van der Waals surface area contributed by atoms with Gasteiger partial charge >= 0.3 is 5.69 Å². The molecule has 0 aliphatic heterocycles. The molecular weight excluding hydrogens is 268 g/mol. The van der Waals surface area contributed by atoms with Crippen LogP contribution in [0.5, 0.6) is 0 Å². The molecule has 0 saturated carbocycles. The molecule has 0 radical (unpaired) electrons. The molecule has 0 amide bonds. The lowest BCUT2D eigenvalue weighted by molar-refractivity contribution is -0.383. The second kappa shape index (κ2) is 6.21. The zero-order valence-corrected chi connectivity index (χ0v) is 12.0. The van der Waals surface area contributed by atoms with E-state index in [0.717, 1.165) is 12.1 Å². The van der Waals surface area contributed by atoms with Crippen molar-refractivity contribution in [3.63, 3.8) is 0 Å². The third kappa shape index (κ3) is 3.47. The van der Waals surface area contributed by atoms with E-state index >= 15 is 0 Å². The van der Waals surface area contributed by atoms with Crippen LogP contribution in [0.4, 0.5) is 17.3 Å². The van der Waals surface area contributed by atoms with Gasteiger partial charge in [0.1, 0.15) is 5.82 Å². The van der Waals surface area contributed by atoms with E-state index in [1.165, 1.54) is 0 Å². The average Bonchev–Trinajstić information content (AvgIpc) is 2.45. The van der Waals surface area contributed by atoms with Gasteiger partial charge in [0.05, 0.1) is 10.5 Å². The van der Waals surface area contributed by atoms with Crippen LogP contribution in [0.3, 0.4) is 0 Å². The van der Waals surface area contributed by atoms with E-state index in [4.69, 9.17) is 5.73 Å². The summed E-state index contributed by atoms with van der Waals surface area (Å²) in [5.41, 5.74) is 6.83. The summed E-state index contributed by atoms with van der Waals surface area (Å²) in [5, 5.41) is 14.4. The second-order valence-corrected chi connectivity index (χ2v) is 5.19. The molecule has 1 aromatic heterocycles. The van der Waals surface area contributed by atoms with Gasteiger partial charge in [0.15, 0.2) is 0 Å². The van der Waals surface area contributed by atoms with Gasteiger partial charge in [-0.25, -0.2) is 4.98 Å². The van der Waals surface area contributed by atoms with E-state index < -0.39 is 4.92 Å². The average molecular weight is 286 g/mol. The molecule has 3 N–H and O–H groups in total.